The van der Waals surface area contributed by atoms with Crippen molar-refractivity contribution >= 4 is 24.2 Å². The molecule has 0 fully saturated rings. The number of nitriles is 1. The molecule has 0 bridgehead atoms. The van der Waals surface area contributed by atoms with Gasteiger partial charge in [0, 0.05) is 17.1 Å². The number of hydrogen-bond acceptors (Lipinski definition) is 2. The Kier molecular flexibility index (Phi) is 4.82. The zero-order chi connectivity index (χ0) is 20.6. The second kappa shape index (κ2) is 7.31. The number of fused-ring (bicyclic) bond motifs is 1. The Morgan fingerprint density at radius 2 is 1.41 bits per heavy atom. The average molecular weight is 393 g/mol. The van der Waals surface area contributed by atoms with Gasteiger partial charge in [0.25, 0.3) is 0 Å². The molecule has 142 valence electrons. The molecule has 0 unspecified atom stereocenters. The molecule has 1 heterocycles. The molecule has 0 saturated carbocycles. The Labute approximate surface area is 173 Å². The molecule has 0 aliphatic rings. The molecule has 0 saturated heterocycles. The quantitative estimate of drug-likeness (QED) is 0.384. The molecule has 4 aromatic rings. The first-order valence-corrected chi connectivity index (χ1v) is 13.4. The van der Waals surface area contributed by atoms with Gasteiger partial charge in [0.2, 0.25) is 0 Å². The third-order valence-electron chi connectivity index (χ3n) is 5.45. The van der Waals surface area contributed by atoms with E-state index in [2.05, 4.69) is 75.1 Å². The molecule has 0 spiro atoms. The predicted octanol–water partition coefficient (Wildman–Crippen LogP) is 6.29. The average Bonchev–Trinajstić information content (AvgIpc) is 2.72. The van der Waals surface area contributed by atoms with Crippen molar-refractivity contribution in [3.63, 3.8) is 0 Å². The predicted molar refractivity (Wildman–Crippen MR) is 125 cm³/mol. The molecule has 3 heteroatoms. The van der Waals surface area contributed by atoms with E-state index in [0.717, 1.165) is 33.2 Å². The Morgan fingerprint density at radius 3 is 1.97 bits per heavy atom. The van der Waals surface area contributed by atoms with Gasteiger partial charge >= 0.3 is 0 Å². The Bertz CT molecular complexity index is 1230. The Balaban J connectivity index is 2.24. The minimum atomic E-state index is -1.76. The van der Waals surface area contributed by atoms with Crippen molar-refractivity contribution in [2.24, 2.45) is 0 Å². The smallest absolute Gasteiger partial charge is 0.102 e. The lowest BCUT2D eigenvalue weighted by Crippen LogP contribution is -2.41. The monoisotopic (exact) mass is 392 g/mol. The van der Waals surface area contributed by atoms with Crippen LogP contribution in [0.4, 0.5) is 0 Å². The summed E-state index contributed by atoms with van der Waals surface area (Å²) in [4.78, 5) is 4.74. The van der Waals surface area contributed by atoms with Crippen LogP contribution in [0.2, 0.25) is 19.6 Å². The number of pyridine rings is 1. The van der Waals surface area contributed by atoms with Crippen LogP contribution in [0.15, 0.2) is 72.9 Å². The summed E-state index contributed by atoms with van der Waals surface area (Å²) in [6.07, 6.45) is 1.84. The van der Waals surface area contributed by atoms with E-state index in [0.29, 0.717) is 5.56 Å². The maximum Gasteiger partial charge on any atom is 0.102 e. The standard InChI is InChI=1S/C26H24N2Si/c1-18-23(20-13-9-6-10-14-20)22(17-27)25-24(26(18)29(2,3)4)21(15-16-28-25)19-11-7-5-8-12-19/h5-16H,1-4H3. The van der Waals surface area contributed by atoms with Crippen LogP contribution in [0, 0.1) is 18.3 Å². The van der Waals surface area contributed by atoms with Gasteiger partial charge in [0.05, 0.1) is 19.2 Å². The molecule has 3 aromatic carbocycles. The molecule has 4 rings (SSSR count). The molecule has 0 aliphatic carbocycles. The summed E-state index contributed by atoms with van der Waals surface area (Å²) in [5.41, 5.74) is 7.12. The fourth-order valence-corrected chi connectivity index (χ4v) is 6.65. The van der Waals surface area contributed by atoms with Gasteiger partial charge in [-0.15, -0.1) is 0 Å². The first-order chi connectivity index (χ1) is 13.9. The van der Waals surface area contributed by atoms with Gasteiger partial charge < -0.3 is 0 Å². The highest BCUT2D eigenvalue weighted by atomic mass is 28.3. The molecule has 0 radical (unpaired) electrons. The largest absolute Gasteiger partial charge is 0.255 e. The van der Waals surface area contributed by atoms with Gasteiger partial charge in [0.1, 0.15) is 6.07 Å². The zero-order valence-electron chi connectivity index (χ0n) is 17.3. The first kappa shape index (κ1) is 19.1. The second-order valence-corrected chi connectivity index (χ2v) is 13.4. The summed E-state index contributed by atoms with van der Waals surface area (Å²) >= 11 is 0. The number of benzene rings is 3. The van der Waals surface area contributed by atoms with Crippen molar-refractivity contribution in [2.75, 3.05) is 0 Å². The number of hydrogen-bond donors (Lipinski definition) is 0. The molecule has 0 amide bonds. The van der Waals surface area contributed by atoms with Crippen LogP contribution >= 0.6 is 0 Å². The van der Waals surface area contributed by atoms with Gasteiger partial charge in [-0.1, -0.05) is 80.3 Å². The Morgan fingerprint density at radius 1 is 0.828 bits per heavy atom. The minimum Gasteiger partial charge on any atom is -0.255 e. The SMILES string of the molecule is Cc1c(-c2ccccc2)c(C#N)c2nccc(-c3ccccc3)c2c1[Si](C)(C)C. The van der Waals surface area contributed by atoms with E-state index < -0.39 is 8.07 Å². The third kappa shape index (κ3) is 3.26. The molecule has 0 N–H and O–H groups in total. The van der Waals surface area contributed by atoms with Crippen molar-refractivity contribution in [3.05, 3.63) is 84.1 Å². The fourth-order valence-electron chi connectivity index (χ4n) is 4.39. The third-order valence-corrected chi connectivity index (χ3v) is 7.57. The summed E-state index contributed by atoms with van der Waals surface area (Å²) in [5, 5.41) is 12.7. The zero-order valence-corrected chi connectivity index (χ0v) is 18.3. The van der Waals surface area contributed by atoms with E-state index in [-0.39, 0.29) is 0 Å². The molecule has 29 heavy (non-hydrogen) atoms. The van der Waals surface area contributed by atoms with Crippen molar-refractivity contribution in [3.8, 4) is 28.3 Å². The van der Waals surface area contributed by atoms with Crippen LogP contribution in [0.25, 0.3) is 33.2 Å². The topological polar surface area (TPSA) is 36.7 Å². The summed E-state index contributed by atoms with van der Waals surface area (Å²) in [6.45, 7) is 9.30. The van der Waals surface area contributed by atoms with Crippen LogP contribution < -0.4 is 5.19 Å². The number of rotatable bonds is 3. The number of nitrogens with zero attached hydrogens (tertiary/aromatic N) is 2. The lowest BCUT2D eigenvalue weighted by atomic mass is 9.90. The molecule has 1 aromatic heterocycles. The van der Waals surface area contributed by atoms with Crippen LogP contribution in [-0.2, 0) is 0 Å². The van der Waals surface area contributed by atoms with Gasteiger partial charge in [-0.3, -0.25) is 4.98 Å². The van der Waals surface area contributed by atoms with Gasteiger partial charge in [-0.05, 0) is 40.4 Å². The first-order valence-electron chi connectivity index (χ1n) is 9.90. The van der Waals surface area contributed by atoms with Crippen molar-refractivity contribution in [2.45, 2.75) is 26.6 Å². The number of aromatic nitrogens is 1. The van der Waals surface area contributed by atoms with E-state index in [1.807, 2.05) is 30.5 Å². The highest BCUT2D eigenvalue weighted by Crippen LogP contribution is 2.36. The van der Waals surface area contributed by atoms with E-state index in [9.17, 15) is 5.26 Å². The van der Waals surface area contributed by atoms with Crippen LogP contribution in [-0.4, -0.2) is 13.1 Å². The van der Waals surface area contributed by atoms with Crippen LogP contribution in [0.3, 0.4) is 0 Å². The summed E-state index contributed by atoms with van der Waals surface area (Å²) in [7, 11) is -1.76. The van der Waals surface area contributed by atoms with E-state index >= 15 is 0 Å². The lowest BCUT2D eigenvalue weighted by Gasteiger charge is -2.27. The maximum absolute atomic E-state index is 10.2. The van der Waals surface area contributed by atoms with Gasteiger partial charge in [-0.25, -0.2) is 0 Å². The summed E-state index contributed by atoms with van der Waals surface area (Å²) in [5.74, 6) is 0. The van der Waals surface area contributed by atoms with Crippen molar-refractivity contribution in [1.29, 1.82) is 5.26 Å². The molecular weight excluding hydrogens is 368 g/mol. The Hall–Kier alpha value is -3.22. The van der Waals surface area contributed by atoms with E-state index in [1.54, 1.807) is 0 Å². The van der Waals surface area contributed by atoms with Crippen LogP contribution in [0.5, 0.6) is 0 Å². The molecule has 0 aliphatic heterocycles. The van der Waals surface area contributed by atoms with E-state index in [4.69, 9.17) is 4.98 Å². The summed E-state index contributed by atoms with van der Waals surface area (Å²) in [6, 6.07) is 25.2. The fraction of sp³-hybridized carbons (Fsp3) is 0.154. The van der Waals surface area contributed by atoms with Gasteiger partial charge in [0.15, 0.2) is 0 Å². The highest BCUT2D eigenvalue weighted by molar-refractivity contribution is 6.91. The maximum atomic E-state index is 10.2. The highest BCUT2D eigenvalue weighted by Gasteiger charge is 2.28. The van der Waals surface area contributed by atoms with Gasteiger partial charge in [-0.2, -0.15) is 5.26 Å². The lowest BCUT2D eigenvalue weighted by molar-refractivity contribution is 1.37. The molecule has 2 nitrogen and oxygen atoms in total. The molecular formula is C26H24N2Si. The minimum absolute atomic E-state index is 0.670. The second-order valence-electron chi connectivity index (χ2n) is 8.43. The van der Waals surface area contributed by atoms with Crippen molar-refractivity contribution < 1.29 is 0 Å². The van der Waals surface area contributed by atoms with E-state index in [1.165, 1.54) is 10.8 Å². The van der Waals surface area contributed by atoms with Crippen LogP contribution in [0.1, 0.15) is 11.1 Å². The van der Waals surface area contributed by atoms with Crippen molar-refractivity contribution in [1.82, 2.24) is 4.98 Å². The summed E-state index contributed by atoms with van der Waals surface area (Å²) < 4.78 is 0. The molecule has 0 atom stereocenters. The normalized spacial score (nSPS) is 11.4.